The van der Waals surface area contributed by atoms with Crippen LogP contribution >= 0.6 is 0 Å². The van der Waals surface area contributed by atoms with Gasteiger partial charge in [0, 0.05) is 42.4 Å². The summed E-state index contributed by atoms with van der Waals surface area (Å²) in [4.78, 5) is 33.2. The maximum absolute atomic E-state index is 12.6. The van der Waals surface area contributed by atoms with Gasteiger partial charge < -0.3 is 20.1 Å². The topological polar surface area (TPSA) is 90.0 Å². The molecule has 3 aromatic heterocycles. The highest BCUT2D eigenvalue weighted by atomic mass is 16.1. The van der Waals surface area contributed by atoms with Gasteiger partial charge in [0.05, 0.1) is 11.1 Å². The van der Waals surface area contributed by atoms with Crippen LogP contribution < -0.4 is 10.9 Å². The third kappa shape index (κ3) is 5.39. The molecule has 0 saturated carbocycles. The number of hydrogen-bond donors (Lipinski definition) is 2. The largest absolute Gasteiger partial charge is 0.340 e. The minimum Gasteiger partial charge on any atom is -0.340 e. The molecule has 1 aromatic carbocycles. The van der Waals surface area contributed by atoms with E-state index >= 15 is 0 Å². The average Bonchev–Trinajstić information content (AvgIpc) is 2.89. The van der Waals surface area contributed by atoms with Gasteiger partial charge in [0.15, 0.2) is 0 Å². The Balaban J connectivity index is 1.31. The number of pyridine rings is 2. The molecular weight excluding hydrogens is 438 g/mol. The zero-order valence-electron chi connectivity index (χ0n) is 20.2. The molecule has 8 heteroatoms. The van der Waals surface area contributed by atoms with Gasteiger partial charge in [0.2, 0.25) is 0 Å². The van der Waals surface area contributed by atoms with Gasteiger partial charge in [0.1, 0.15) is 12.1 Å². The number of H-pyrrole nitrogens is 1. The normalized spacial score (nSPS) is 15.1. The fourth-order valence-electron chi connectivity index (χ4n) is 4.72. The van der Waals surface area contributed by atoms with Gasteiger partial charge in [-0.3, -0.25) is 4.79 Å². The monoisotopic (exact) mass is 469 g/mol. The molecule has 1 fully saturated rings. The summed E-state index contributed by atoms with van der Waals surface area (Å²) in [5.41, 5.74) is 3.52. The van der Waals surface area contributed by atoms with E-state index in [9.17, 15) is 4.79 Å². The van der Waals surface area contributed by atoms with Crippen LogP contribution in [0.15, 0.2) is 66.1 Å². The summed E-state index contributed by atoms with van der Waals surface area (Å²) < 4.78 is 0. The molecular formula is C27H31N7O. The Labute approximate surface area is 205 Å². The van der Waals surface area contributed by atoms with Crippen molar-refractivity contribution in [3.8, 4) is 11.3 Å². The van der Waals surface area contributed by atoms with Crippen LogP contribution in [0, 0.1) is 0 Å². The number of hydrogen-bond acceptors (Lipinski definition) is 7. The highest BCUT2D eigenvalue weighted by Gasteiger charge is 2.20. The van der Waals surface area contributed by atoms with E-state index in [-0.39, 0.29) is 5.56 Å². The zero-order valence-corrected chi connectivity index (χ0v) is 20.2. The average molecular weight is 470 g/mol. The number of rotatable bonds is 7. The first-order valence-electron chi connectivity index (χ1n) is 12.1. The molecule has 0 aliphatic carbocycles. The summed E-state index contributed by atoms with van der Waals surface area (Å²) in [5, 5.41) is 4.69. The van der Waals surface area contributed by atoms with Crippen molar-refractivity contribution in [2.45, 2.75) is 25.3 Å². The molecule has 4 aromatic rings. The summed E-state index contributed by atoms with van der Waals surface area (Å²) in [7, 11) is 4.35. The van der Waals surface area contributed by atoms with E-state index in [2.05, 4.69) is 68.4 Å². The van der Waals surface area contributed by atoms with Gasteiger partial charge in [-0.15, -0.1) is 0 Å². The molecule has 0 spiro atoms. The number of anilines is 2. The number of aromatic amines is 1. The molecule has 35 heavy (non-hydrogen) atoms. The Bertz CT molecular complexity index is 1330. The van der Waals surface area contributed by atoms with E-state index in [0.29, 0.717) is 22.9 Å². The lowest BCUT2D eigenvalue weighted by Crippen LogP contribution is -2.42. The van der Waals surface area contributed by atoms with Crippen LogP contribution in [0.25, 0.3) is 22.0 Å². The number of aromatic nitrogens is 4. The number of nitrogens with zero attached hydrogens (tertiary/aromatic N) is 5. The molecule has 8 nitrogen and oxygen atoms in total. The zero-order chi connectivity index (χ0) is 24.2. The van der Waals surface area contributed by atoms with Crippen molar-refractivity contribution in [3.63, 3.8) is 0 Å². The molecule has 1 aliphatic heterocycles. The summed E-state index contributed by atoms with van der Waals surface area (Å²) in [5.74, 6) is 0.514. The van der Waals surface area contributed by atoms with Crippen molar-refractivity contribution in [2.24, 2.45) is 0 Å². The SMILES string of the molecule is CN(C)C1CCN(CCc2ccc(Nc3nc(-c4cncnc4)cc4cc[nH]c(=O)c34)cc2)CC1. The van der Waals surface area contributed by atoms with Crippen molar-refractivity contribution in [2.75, 3.05) is 39.0 Å². The number of piperidine rings is 1. The quantitative estimate of drug-likeness (QED) is 0.427. The van der Waals surface area contributed by atoms with Crippen molar-refractivity contribution < 1.29 is 0 Å². The molecule has 1 aliphatic rings. The molecule has 0 unspecified atom stereocenters. The fraction of sp³-hybridized carbons (Fsp3) is 0.333. The van der Waals surface area contributed by atoms with Crippen molar-refractivity contribution >= 4 is 22.3 Å². The first kappa shape index (κ1) is 23.1. The Morgan fingerprint density at radius 3 is 2.54 bits per heavy atom. The fourth-order valence-corrected chi connectivity index (χ4v) is 4.72. The predicted molar refractivity (Wildman–Crippen MR) is 140 cm³/mol. The summed E-state index contributed by atoms with van der Waals surface area (Å²) in [6.07, 6.45) is 10.1. The maximum atomic E-state index is 12.6. The predicted octanol–water partition coefficient (Wildman–Crippen LogP) is 3.69. The molecule has 5 rings (SSSR count). The second-order valence-corrected chi connectivity index (χ2v) is 9.36. The lowest BCUT2D eigenvalue weighted by atomic mass is 10.0. The van der Waals surface area contributed by atoms with Crippen LogP contribution in [0.5, 0.6) is 0 Å². The minimum atomic E-state index is -0.178. The lowest BCUT2D eigenvalue weighted by molar-refractivity contribution is 0.146. The Kier molecular flexibility index (Phi) is 6.83. The van der Waals surface area contributed by atoms with E-state index in [1.807, 2.05) is 12.1 Å². The summed E-state index contributed by atoms with van der Waals surface area (Å²) >= 11 is 0. The van der Waals surface area contributed by atoms with Gasteiger partial charge in [-0.25, -0.2) is 15.0 Å². The first-order valence-corrected chi connectivity index (χ1v) is 12.1. The van der Waals surface area contributed by atoms with E-state index in [0.717, 1.165) is 29.6 Å². The lowest BCUT2D eigenvalue weighted by Gasteiger charge is -2.35. The number of nitrogens with one attached hydrogen (secondary N) is 2. The number of likely N-dealkylation sites (tertiary alicyclic amines) is 1. The molecule has 0 bridgehead atoms. The van der Waals surface area contributed by atoms with Crippen LogP contribution in [0.3, 0.4) is 0 Å². The van der Waals surface area contributed by atoms with Crippen molar-refractivity contribution in [1.82, 2.24) is 29.7 Å². The van der Waals surface area contributed by atoms with Crippen LogP contribution in [0.4, 0.5) is 11.5 Å². The molecule has 2 N–H and O–H groups in total. The second kappa shape index (κ2) is 10.3. The van der Waals surface area contributed by atoms with Crippen LogP contribution in [-0.4, -0.2) is 69.5 Å². The standard InChI is InChI=1S/C27H31N7O/c1-33(2)23-9-13-34(14-10-23)12-8-19-3-5-22(6-4-19)31-26-25-20(7-11-30-27(25)35)15-24(32-26)21-16-28-18-29-17-21/h3-7,11,15-18,23H,8-10,12-14H2,1-2H3,(H,30,35)(H,31,32). The third-order valence-corrected chi connectivity index (χ3v) is 6.83. The number of fused-ring (bicyclic) bond motifs is 1. The van der Waals surface area contributed by atoms with E-state index in [4.69, 9.17) is 4.98 Å². The number of benzene rings is 1. The molecule has 1 saturated heterocycles. The Hall–Kier alpha value is -3.62. The first-order chi connectivity index (χ1) is 17.1. The van der Waals surface area contributed by atoms with Gasteiger partial charge in [-0.1, -0.05) is 12.1 Å². The van der Waals surface area contributed by atoms with E-state index in [1.165, 1.54) is 37.8 Å². The van der Waals surface area contributed by atoms with E-state index < -0.39 is 0 Å². The third-order valence-electron chi connectivity index (χ3n) is 6.83. The van der Waals surface area contributed by atoms with Crippen molar-refractivity contribution in [3.05, 3.63) is 77.2 Å². The maximum Gasteiger partial charge on any atom is 0.259 e. The smallest absolute Gasteiger partial charge is 0.259 e. The molecule has 0 radical (unpaired) electrons. The molecule has 0 amide bonds. The minimum absolute atomic E-state index is 0.178. The highest BCUT2D eigenvalue weighted by molar-refractivity contribution is 5.95. The highest BCUT2D eigenvalue weighted by Crippen LogP contribution is 2.27. The second-order valence-electron chi connectivity index (χ2n) is 9.36. The van der Waals surface area contributed by atoms with Crippen LogP contribution in [0.2, 0.25) is 0 Å². The van der Waals surface area contributed by atoms with Gasteiger partial charge in [0.25, 0.3) is 5.56 Å². The van der Waals surface area contributed by atoms with Crippen LogP contribution in [-0.2, 0) is 6.42 Å². The Morgan fingerprint density at radius 1 is 1.09 bits per heavy atom. The van der Waals surface area contributed by atoms with Crippen molar-refractivity contribution in [1.29, 1.82) is 0 Å². The van der Waals surface area contributed by atoms with E-state index in [1.54, 1.807) is 18.6 Å². The summed E-state index contributed by atoms with van der Waals surface area (Å²) in [6, 6.07) is 12.9. The molecule has 4 heterocycles. The Morgan fingerprint density at radius 2 is 1.83 bits per heavy atom. The molecule has 180 valence electrons. The van der Waals surface area contributed by atoms with Gasteiger partial charge >= 0.3 is 0 Å². The van der Waals surface area contributed by atoms with Crippen LogP contribution in [0.1, 0.15) is 18.4 Å². The summed E-state index contributed by atoms with van der Waals surface area (Å²) in [6.45, 7) is 3.41. The van der Waals surface area contributed by atoms with Gasteiger partial charge in [-0.05, 0) is 81.7 Å². The van der Waals surface area contributed by atoms with Gasteiger partial charge in [-0.2, -0.15) is 0 Å². The molecule has 0 atom stereocenters.